The fourth-order valence-electron chi connectivity index (χ4n) is 3.19. The number of aliphatic hydroxyl groups is 1. The van der Waals surface area contributed by atoms with Crippen molar-refractivity contribution in [3.05, 3.63) is 57.2 Å². The standard InChI is InChI=1S/C21H30N6O2S.HI/c1-14-11-18(15(2)29-14)21(4,28)13-24-20(22-9-8-17-7-6-10-30-17)23-12-19-26-25-16(3)27(19)5;/h6-7,10-11,28H,8-9,12-13H2,1-5H3,(H2,22,23,24);1H. The maximum Gasteiger partial charge on any atom is 0.191 e. The van der Waals surface area contributed by atoms with Gasteiger partial charge in [0.2, 0.25) is 0 Å². The predicted molar refractivity (Wildman–Crippen MR) is 134 cm³/mol. The van der Waals surface area contributed by atoms with Crippen molar-refractivity contribution in [2.24, 2.45) is 12.0 Å². The first-order valence-corrected chi connectivity index (χ1v) is 10.8. The van der Waals surface area contributed by atoms with E-state index < -0.39 is 5.60 Å². The van der Waals surface area contributed by atoms with Gasteiger partial charge in [0.25, 0.3) is 0 Å². The number of aryl methyl sites for hydroxylation is 3. The van der Waals surface area contributed by atoms with Crippen LogP contribution in [0.1, 0.15) is 40.5 Å². The van der Waals surface area contributed by atoms with Crippen molar-refractivity contribution in [2.45, 2.75) is 46.3 Å². The van der Waals surface area contributed by atoms with Crippen molar-refractivity contribution in [1.82, 2.24) is 25.4 Å². The van der Waals surface area contributed by atoms with Crippen LogP contribution in [0.5, 0.6) is 0 Å². The largest absolute Gasteiger partial charge is 0.466 e. The lowest BCUT2D eigenvalue weighted by atomic mass is 9.96. The highest BCUT2D eigenvalue weighted by Gasteiger charge is 2.28. The number of thiophene rings is 1. The highest BCUT2D eigenvalue weighted by atomic mass is 127. The zero-order valence-corrected chi connectivity index (χ0v) is 21.7. The number of guanidine groups is 1. The van der Waals surface area contributed by atoms with Gasteiger partial charge >= 0.3 is 0 Å². The molecule has 31 heavy (non-hydrogen) atoms. The Bertz CT molecular complexity index is 994. The molecule has 10 heteroatoms. The quantitative estimate of drug-likeness (QED) is 0.223. The van der Waals surface area contributed by atoms with E-state index in [0.717, 1.165) is 41.7 Å². The average Bonchev–Trinajstić information content (AvgIpc) is 3.40. The van der Waals surface area contributed by atoms with Gasteiger partial charge in [0.05, 0.1) is 6.54 Å². The van der Waals surface area contributed by atoms with Gasteiger partial charge in [-0.3, -0.25) is 0 Å². The van der Waals surface area contributed by atoms with E-state index in [2.05, 4.69) is 43.3 Å². The fraction of sp³-hybridized carbons (Fsp3) is 0.476. The first-order chi connectivity index (χ1) is 14.3. The summed E-state index contributed by atoms with van der Waals surface area (Å²) in [5.41, 5.74) is -0.325. The zero-order valence-electron chi connectivity index (χ0n) is 18.6. The van der Waals surface area contributed by atoms with Crippen molar-refractivity contribution in [1.29, 1.82) is 0 Å². The number of hydrogen-bond donors (Lipinski definition) is 3. The second-order valence-corrected chi connectivity index (χ2v) is 8.63. The molecule has 3 aromatic heterocycles. The van der Waals surface area contributed by atoms with Crippen LogP contribution in [0, 0.1) is 20.8 Å². The lowest BCUT2D eigenvalue weighted by molar-refractivity contribution is 0.0601. The third-order valence-electron chi connectivity index (χ3n) is 5.03. The van der Waals surface area contributed by atoms with Gasteiger partial charge in [0.15, 0.2) is 11.8 Å². The van der Waals surface area contributed by atoms with Crippen LogP contribution in [0.25, 0.3) is 0 Å². The smallest absolute Gasteiger partial charge is 0.191 e. The summed E-state index contributed by atoms with van der Waals surface area (Å²) < 4.78 is 7.50. The van der Waals surface area contributed by atoms with E-state index in [9.17, 15) is 5.11 Å². The lowest BCUT2D eigenvalue weighted by Gasteiger charge is -2.24. The van der Waals surface area contributed by atoms with Crippen molar-refractivity contribution in [2.75, 3.05) is 13.1 Å². The van der Waals surface area contributed by atoms with Gasteiger partial charge in [0.1, 0.15) is 29.5 Å². The molecular formula is C21H31IN6O2S. The van der Waals surface area contributed by atoms with Gasteiger partial charge in [-0.2, -0.15) is 0 Å². The molecule has 0 aliphatic heterocycles. The lowest BCUT2D eigenvalue weighted by Crippen LogP contribution is -2.45. The number of rotatable bonds is 8. The summed E-state index contributed by atoms with van der Waals surface area (Å²) in [6.07, 6.45) is 0.901. The van der Waals surface area contributed by atoms with E-state index in [0.29, 0.717) is 12.5 Å². The molecule has 0 fully saturated rings. The molecule has 3 heterocycles. The monoisotopic (exact) mass is 558 g/mol. The van der Waals surface area contributed by atoms with Gasteiger partial charge < -0.3 is 24.7 Å². The summed E-state index contributed by atoms with van der Waals surface area (Å²) in [5.74, 6) is 3.74. The molecule has 1 unspecified atom stereocenters. The van der Waals surface area contributed by atoms with E-state index >= 15 is 0 Å². The average molecular weight is 558 g/mol. The first-order valence-electron chi connectivity index (χ1n) is 9.95. The van der Waals surface area contributed by atoms with E-state index in [4.69, 9.17) is 4.42 Å². The number of hydrogen-bond acceptors (Lipinski definition) is 6. The first kappa shape index (κ1) is 25.3. The molecule has 0 aromatic carbocycles. The van der Waals surface area contributed by atoms with Crippen LogP contribution in [-0.4, -0.2) is 38.9 Å². The molecule has 3 rings (SSSR count). The zero-order chi connectivity index (χ0) is 21.7. The molecule has 8 nitrogen and oxygen atoms in total. The summed E-state index contributed by atoms with van der Waals surface area (Å²) in [5, 5.41) is 27.9. The molecule has 0 spiro atoms. The topological polar surface area (TPSA) is 101 Å². The summed E-state index contributed by atoms with van der Waals surface area (Å²) in [4.78, 5) is 5.96. The summed E-state index contributed by atoms with van der Waals surface area (Å²) in [6, 6.07) is 6.05. The van der Waals surface area contributed by atoms with E-state index in [-0.39, 0.29) is 30.5 Å². The van der Waals surface area contributed by atoms with Crippen LogP contribution >= 0.6 is 35.3 Å². The number of aliphatic imine (C=N–C) groups is 1. The van der Waals surface area contributed by atoms with E-state index in [1.165, 1.54) is 4.88 Å². The Morgan fingerprint density at radius 1 is 1.29 bits per heavy atom. The SMILES string of the molecule is Cc1cc(C(C)(O)CNC(=NCc2nnc(C)n2C)NCCc2cccs2)c(C)o1.I. The second kappa shape index (κ2) is 11.1. The minimum absolute atomic E-state index is 0. The number of nitrogens with one attached hydrogen (secondary N) is 2. The third-order valence-corrected chi connectivity index (χ3v) is 5.96. The molecule has 3 N–H and O–H groups in total. The normalized spacial score (nSPS) is 13.5. The number of nitrogens with zero attached hydrogens (tertiary/aromatic N) is 4. The minimum atomic E-state index is -1.10. The number of halogens is 1. The molecule has 0 aliphatic rings. The van der Waals surface area contributed by atoms with Crippen LogP contribution in [0.2, 0.25) is 0 Å². The van der Waals surface area contributed by atoms with E-state index in [1.54, 1.807) is 18.3 Å². The van der Waals surface area contributed by atoms with Crippen molar-refractivity contribution in [3.63, 3.8) is 0 Å². The Morgan fingerprint density at radius 3 is 2.65 bits per heavy atom. The Kier molecular flexibility index (Phi) is 9.07. The molecule has 170 valence electrons. The van der Waals surface area contributed by atoms with Gasteiger partial charge in [-0.05, 0) is 51.6 Å². The van der Waals surface area contributed by atoms with Crippen LogP contribution in [0.4, 0.5) is 0 Å². The van der Waals surface area contributed by atoms with Gasteiger partial charge in [-0.1, -0.05) is 6.07 Å². The molecule has 3 aromatic rings. The number of aromatic nitrogens is 3. The fourth-order valence-corrected chi connectivity index (χ4v) is 3.90. The maximum atomic E-state index is 11.0. The molecule has 0 bridgehead atoms. The van der Waals surface area contributed by atoms with Crippen LogP contribution in [0.3, 0.4) is 0 Å². The van der Waals surface area contributed by atoms with Crippen LogP contribution in [-0.2, 0) is 25.6 Å². The molecular weight excluding hydrogens is 527 g/mol. The molecule has 0 aliphatic carbocycles. The minimum Gasteiger partial charge on any atom is -0.466 e. The van der Waals surface area contributed by atoms with Crippen molar-refractivity contribution < 1.29 is 9.52 Å². The molecule has 1 atom stereocenters. The van der Waals surface area contributed by atoms with Crippen molar-refractivity contribution >= 4 is 41.3 Å². The highest BCUT2D eigenvalue weighted by Crippen LogP contribution is 2.26. The molecule has 0 radical (unpaired) electrons. The predicted octanol–water partition coefficient (Wildman–Crippen LogP) is 3.20. The highest BCUT2D eigenvalue weighted by molar-refractivity contribution is 14.0. The Balaban J connectivity index is 0.00000341. The molecule has 0 saturated carbocycles. The summed E-state index contributed by atoms with van der Waals surface area (Å²) >= 11 is 1.74. The molecule has 0 saturated heterocycles. The summed E-state index contributed by atoms with van der Waals surface area (Å²) in [7, 11) is 1.92. The van der Waals surface area contributed by atoms with Gasteiger partial charge in [-0.25, -0.2) is 4.99 Å². The Hall–Kier alpha value is -1.92. The molecule has 0 amide bonds. The Labute approximate surface area is 204 Å². The maximum absolute atomic E-state index is 11.0. The number of furan rings is 1. The van der Waals surface area contributed by atoms with Crippen LogP contribution in [0.15, 0.2) is 33.0 Å². The Morgan fingerprint density at radius 2 is 2.06 bits per heavy atom. The van der Waals surface area contributed by atoms with Crippen LogP contribution < -0.4 is 10.6 Å². The van der Waals surface area contributed by atoms with E-state index in [1.807, 2.05) is 38.5 Å². The third kappa shape index (κ3) is 6.78. The van der Waals surface area contributed by atoms with Crippen molar-refractivity contribution in [3.8, 4) is 0 Å². The van der Waals surface area contributed by atoms with Gasteiger partial charge in [0, 0.05) is 24.0 Å². The summed E-state index contributed by atoms with van der Waals surface area (Å²) in [6.45, 7) is 8.82. The second-order valence-electron chi connectivity index (χ2n) is 7.60. The van der Waals surface area contributed by atoms with Gasteiger partial charge in [-0.15, -0.1) is 45.5 Å².